The molecule has 0 saturated heterocycles. The number of carbonyl (C=O) groups excluding carboxylic acids is 1. The number of hydrogen-bond acceptors (Lipinski definition) is 7. The van der Waals surface area contributed by atoms with Gasteiger partial charge in [0.15, 0.2) is 5.65 Å². The number of ether oxygens (including phenoxy) is 1. The predicted octanol–water partition coefficient (Wildman–Crippen LogP) is 0.379. The Hall–Kier alpha value is -2.16. The zero-order valence-electron chi connectivity index (χ0n) is 13.6. The molecule has 2 heterocycles. The van der Waals surface area contributed by atoms with Gasteiger partial charge in [-0.05, 0) is 20.8 Å². The Morgan fingerprint density at radius 2 is 1.91 bits per heavy atom. The van der Waals surface area contributed by atoms with Crippen molar-refractivity contribution >= 4 is 28.8 Å². The van der Waals surface area contributed by atoms with Crippen molar-refractivity contribution in [3.63, 3.8) is 0 Å². The maximum absolute atomic E-state index is 12.5. The fraction of sp³-hybridized carbons (Fsp3) is 0.500. The molecule has 0 bridgehead atoms. The Kier molecular flexibility index (Phi) is 4.88. The summed E-state index contributed by atoms with van der Waals surface area (Å²) in [7, 11) is 2.94. The summed E-state index contributed by atoms with van der Waals surface area (Å²) < 4.78 is 7.27. The van der Waals surface area contributed by atoms with Gasteiger partial charge in [-0.3, -0.25) is 18.7 Å². The summed E-state index contributed by atoms with van der Waals surface area (Å²) in [5, 5.41) is 0.0555. The van der Waals surface area contributed by atoms with Crippen LogP contribution in [-0.2, 0) is 23.6 Å². The lowest BCUT2D eigenvalue weighted by Crippen LogP contribution is -2.38. The minimum atomic E-state index is -0.533. The van der Waals surface area contributed by atoms with Crippen molar-refractivity contribution in [3.05, 3.63) is 26.7 Å². The molecule has 2 aromatic rings. The maximum Gasteiger partial charge on any atom is 0.332 e. The molecule has 0 spiro atoms. The number of fused-ring (bicyclic) bond motifs is 1. The van der Waals surface area contributed by atoms with Crippen LogP contribution in [0.4, 0.5) is 0 Å². The van der Waals surface area contributed by atoms with Crippen molar-refractivity contribution in [1.82, 2.24) is 19.1 Å². The molecule has 0 aromatic carbocycles. The summed E-state index contributed by atoms with van der Waals surface area (Å²) >= 11 is 1.12. The molecular weight excluding hydrogens is 320 g/mol. The van der Waals surface area contributed by atoms with E-state index >= 15 is 0 Å². The molecule has 0 aliphatic heterocycles. The van der Waals surface area contributed by atoms with E-state index in [0.29, 0.717) is 10.9 Å². The van der Waals surface area contributed by atoms with E-state index in [9.17, 15) is 14.4 Å². The van der Waals surface area contributed by atoms with Crippen LogP contribution in [0.1, 0.15) is 19.7 Å². The van der Waals surface area contributed by atoms with Gasteiger partial charge in [-0.15, -0.1) is 0 Å². The Bertz CT molecular complexity index is 887. The summed E-state index contributed by atoms with van der Waals surface area (Å²) in [4.78, 5) is 44.8. The minimum absolute atomic E-state index is 0.223. The second-order valence-corrected chi connectivity index (χ2v) is 6.32. The number of hydrogen-bond donors (Lipinski definition) is 0. The van der Waals surface area contributed by atoms with Crippen LogP contribution in [0, 0.1) is 6.92 Å². The van der Waals surface area contributed by atoms with Gasteiger partial charge < -0.3 is 4.74 Å². The first-order chi connectivity index (χ1) is 10.8. The number of nitrogens with zero attached hydrogens (tertiary/aromatic N) is 4. The summed E-state index contributed by atoms with van der Waals surface area (Å²) in [6, 6.07) is 0. The van der Waals surface area contributed by atoms with E-state index in [-0.39, 0.29) is 23.6 Å². The van der Waals surface area contributed by atoms with E-state index in [1.54, 1.807) is 27.8 Å². The highest BCUT2D eigenvalue weighted by Gasteiger charge is 2.22. The smallest absolute Gasteiger partial charge is 0.332 e. The van der Waals surface area contributed by atoms with Crippen molar-refractivity contribution in [2.75, 3.05) is 6.61 Å². The van der Waals surface area contributed by atoms with Crippen molar-refractivity contribution in [2.45, 2.75) is 31.0 Å². The minimum Gasteiger partial charge on any atom is -0.465 e. The van der Waals surface area contributed by atoms with E-state index in [2.05, 4.69) is 9.97 Å². The zero-order chi connectivity index (χ0) is 17.3. The second-order valence-electron chi connectivity index (χ2n) is 4.99. The van der Waals surface area contributed by atoms with Crippen molar-refractivity contribution < 1.29 is 9.53 Å². The van der Waals surface area contributed by atoms with Crippen LogP contribution in [0.3, 0.4) is 0 Å². The van der Waals surface area contributed by atoms with Crippen LogP contribution in [0.15, 0.2) is 14.6 Å². The molecule has 0 N–H and O–H groups in total. The summed E-state index contributed by atoms with van der Waals surface area (Å²) in [5.41, 5.74) is -0.694. The number of esters is 1. The lowest BCUT2D eigenvalue weighted by Gasteiger charge is -2.13. The van der Waals surface area contributed by atoms with Crippen molar-refractivity contribution in [3.8, 4) is 0 Å². The van der Waals surface area contributed by atoms with Gasteiger partial charge >= 0.3 is 11.7 Å². The van der Waals surface area contributed by atoms with E-state index in [1.165, 1.54) is 11.6 Å². The monoisotopic (exact) mass is 338 g/mol. The number of aryl methyl sites for hydroxylation is 2. The van der Waals surface area contributed by atoms with Crippen LogP contribution in [-0.4, -0.2) is 36.9 Å². The first-order valence-electron chi connectivity index (χ1n) is 7.05. The summed E-state index contributed by atoms with van der Waals surface area (Å²) in [5.74, 6) is 0.0304. The highest BCUT2D eigenvalue weighted by atomic mass is 32.2. The Morgan fingerprint density at radius 3 is 2.52 bits per heavy atom. The average Bonchev–Trinajstić information content (AvgIpc) is 2.50. The molecule has 0 saturated carbocycles. The topological polar surface area (TPSA) is 96.1 Å². The average molecular weight is 338 g/mol. The van der Waals surface area contributed by atoms with Crippen molar-refractivity contribution in [1.29, 1.82) is 0 Å². The molecule has 23 heavy (non-hydrogen) atoms. The summed E-state index contributed by atoms with van der Waals surface area (Å²) in [6.45, 7) is 5.35. The third-order valence-electron chi connectivity index (χ3n) is 3.29. The van der Waals surface area contributed by atoms with Crippen LogP contribution in [0.2, 0.25) is 0 Å². The van der Waals surface area contributed by atoms with Gasteiger partial charge in [0.25, 0.3) is 5.56 Å². The Balaban J connectivity index is 2.67. The van der Waals surface area contributed by atoms with Gasteiger partial charge in [-0.25, -0.2) is 14.8 Å². The molecule has 2 rings (SSSR count). The van der Waals surface area contributed by atoms with Gasteiger partial charge in [0.2, 0.25) is 0 Å². The van der Waals surface area contributed by atoms with Crippen LogP contribution < -0.4 is 11.2 Å². The molecule has 9 heteroatoms. The van der Waals surface area contributed by atoms with Crippen molar-refractivity contribution in [2.24, 2.45) is 14.1 Å². The molecule has 2 aromatic heterocycles. The van der Waals surface area contributed by atoms with E-state index in [0.717, 1.165) is 16.3 Å². The lowest BCUT2D eigenvalue weighted by molar-refractivity contribution is -0.142. The molecule has 124 valence electrons. The highest BCUT2D eigenvalue weighted by Crippen LogP contribution is 2.26. The fourth-order valence-corrected chi connectivity index (χ4v) is 3.07. The number of rotatable bonds is 4. The van der Waals surface area contributed by atoms with Gasteiger partial charge in [0.05, 0.1) is 6.61 Å². The standard InChI is InChI=1S/C14H18N4O4S/c1-6-22-13(20)7(2)23-11-9-10(15-8(3)16-11)17(4)14(21)18(5)12(9)19/h7H,6H2,1-5H3. The molecular formula is C14H18N4O4S. The Labute approximate surface area is 136 Å². The van der Waals surface area contributed by atoms with E-state index in [1.807, 2.05) is 0 Å². The maximum atomic E-state index is 12.5. The molecule has 1 unspecified atom stereocenters. The predicted molar refractivity (Wildman–Crippen MR) is 86.7 cm³/mol. The third kappa shape index (κ3) is 3.14. The molecule has 0 radical (unpaired) electrons. The molecule has 1 atom stereocenters. The van der Waals surface area contributed by atoms with E-state index < -0.39 is 16.5 Å². The number of thioether (sulfide) groups is 1. The number of carbonyl (C=O) groups is 1. The molecule has 0 aliphatic rings. The quantitative estimate of drug-likeness (QED) is 0.452. The fourth-order valence-electron chi connectivity index (χ4n) is 2.09. The van der Waals surface area contributed by atoms with Gasteiger partial charge in [-0.1, -0.05) is 11.8 Å². The first-order valence-corrected chi connectivity index (χ1v) is 7.93. The first kappa shape index (κ1) is 17.2. The largest absolute Gasteiger partial charge is 0.465 e. The molecule has 0 aliphatic carbocycles. The van der Waals surface area contributed by atoms with Gasteiger partial charge in [0.1, 0.15) is 21.5 Å². The molecule has 0 fully saturated rings. The van der Waals surface area contributed by atoms with Crippen LogP contribution >= 0.6 is 11.8 Å². The van der Waals surface area contributed by atoms with Gasteiger partial charge in [-0.2, -0.15) is 0 Å². The third-order valence-corrected chi connectivity index (χ3v) is 4.35. The highest BCUT2D eigenvalue weighted by molar-refractivity contribution is 8.00. The van der Waals surface area contributed by atoms with Crippen LogP contribution in [0.25, 0.3) is 11.0 Å². The number of aromatic nitrogens is 4. The second kappa shape index (κ2) is 6.53. The zero-order valence-corrected chi connectivity index (χ0v) is 14.4. The van der Waals surface area contributed by atoms with Crippen LogP contribution in [0.5, 0.6) is 0 Å². The Morgan fingerprint density at radius 1 is 1.26 bits per heavy atom. The normalized spacial score (nSPS) is 12.4. The van der Waals surface area contributed by atoms with E-state index in [4.69, 9.17) is 4.74 Å². The molecule has 8 nitrogen and oxygen atoms in total. The lowest BCUT2D eigenvalue weighted by atomic mass is 10.4. The SMILES string of the molecule is CCOC(=O)C(C)Sc1nc(C)nc2c1c(=O)n(C)c(=O)n2C. The molecule has 0 amide bonds. The summed E-state index contributed by atoms with van der Waals surface area (Å²) in [6.07, 6.45) is 0. The van der Waals surface area contributed by atoms with Gasteiger partial charge in [0, 0.05) is 14.1 Å².